The van der Waals surface area contributed by atoms with Gasteiger partial charge in [-0.2, -0.15) is 0 Å². The molecule has 3 nitrogen and oxygen atoms in total. The van der Waals surface area contributed by atoms with Crippen molar-refractivity contribution >= 4 is 5.97 Å². The van der Waals surface area contributed by atoms with E-state index in [0.29, 0.717) is 5.92 Å². The number of allylic oxidation sites excluding steroid dienone is 2. The largest absolute Gasteiger partial charge is 0.481 e. The molecule has 88 valence electrons. The van der Waals surface area contributed by atoms with E-state index in [2.05, 4.69) is 12.2 Å². The summed E-state index contributed by atoms with van der Waals surface area (Å²) in [7, 11) is 0. The molecule has 2 bridgehead atoms. The Kier molecular flexibility index (Phi) is 2.32. The van der Waals surface area contributed by atoms with Crippen molar-refractivity contribution < 1.29 is 14.6 Å². The summed E-state index contributed by atoms with van der Waals surface area (Å²) in [6, 6.07) is 0. The summed E-state index contributed by atoms with van der Waals surface area (Å²) < 4.78 is 5.76. The highest BCUT2D eigenvalue weighted by Crippen LogP contribution is 2.56. The topological polar surface area (TPSA) is 46.5 Å². The molecule has 1 N–H and O–H groups in total. The van der Waals surface area contributed by atoms with Crippen molar-refractivity contribution in [3.05, 3.63) is 12.2 Å². The van der Waals surface area contributed by atoms with E-state index in [1.165, 1.54) is 0 Å². The zero-order valence-corrected chi connectivity index (χ0v) is 9.39. The minimum atomic E-state index is -0.642. The van der Waals surface area contributed by atoms with Crippen molar-refractivity contribution in [1.29, 1.82) is 0 Å². The van der Waals surface area contributed by atoms with Crippen LogP contribution in [0.4, 0.5) is 0 Å². The van der Waals surface area contributed by atoms with Crippen LogP contribution in [0.15, 0.2) is 12.2 Å². The van der Waals surface area contributed by atoms with Crippen LogP contribution in [-0.4, -0.2) is 23.8 Å². The lowest BCUT2D eigenvalue weighted by atomic mass is 9.69. The predicted molar refractivity (Wildman–Crippen MR) is 59.0 cm³/mol. The maximum Gasteiger partial charge on any atom is 0.312 e. The van der Waals surface area contributed by atoms with Crippen molar-refractivity contribution in [2.45, 2.75) is 38.2 Å². The zero-order chi connectivity index (χ0) is 11.2. The monoisotopic (exact) mass is 222 g/mol. The first-order valence-corrected chi connectivity index (χ1v) is 6.27. The van der Waals surface area contributed by atoms with Gasteiger partial charge in [-0.1, -0.05) is 12.2 Å². The molecule has 1 heterocycles. The number of hydrogen-bond donors (Lipinski definition) is 1. The predicted octanol–water partition coefficient (Wildman–Crippen LogP) is 2.22. The zero-order valence-electron chi connectivity index (χ0n) is 9.39. The maximum atomic E-state index is 11.7. The molecule has 0 aromatic rings. The van der Waals surface area contributed by atoms with E-state index in [1.807, 2.05) is 0 Å². The first kappa shape index (κ1) is 10.3. The first-order valence-electron chi connectivity index (χ1n) is 6.27. The highest BCUT2D eigenvalue weighted by molar-refractivity contribution is 5.77. The third-order valence-corrected chi connectivity index (χ3v) is 4.59. The van der Waals surface area contributed by atoms with Gasteiger partial charge in [0.05, 0.1) is 6.10 Å². The van der Waals surface area contributed by atoms with E-state index < -0.39 is 11.4 Å². The Hall–Kier alpha value is -0.830. The Morgan fingerprint density at radius 1 is 1.38 bits per heavy atom. The molecule has 3 rings (SSSR count). The number of carbonyl (C=O) groups is 1. The molecular weight excluding hydrogens is 204 g/mol. The molecule has 0 aromatic heterocycles. The number of aliphatic carboxylic acids is 1. The Morgan fingerprint density at radius 3 is 2.75 bits per heavy atom. The van der Waals surface area contributed by atoms with E-state index in [9.17, 15) is 9.90 Å². The van der Waals surface area contributed by atoms with E-state index >= 15 is 0 Å². The Labute approximate surface area is 95.5 Å². The van der Waals surface area contributed by atoms with E-state index in [1.54, 1.807) is 0 Å². The van der Waals surface area contributed by atoms with Crippen molar-refractivity contribution in [1.82, 2.24) is 0 Å². The number of carboxylic acid groups (broad SMARTS) is 1. The molecule has 3 aliphatic rings. The Balaban J connectivity index is 1.91. The Bertz CT molecular complexity index is 330. The molecule has 0 aromatic carbocycles. The van der Waals surface area contributed by atoms with Crippen molar-refractivity contribution in [3.8, 4) is 0 Å². The van der Waals surface area contributed by atoms with Crippen LogP contribution in [0.3, 0.4) is 0 Å². The molecule has 1 saturated heterocycles. The number of ether oxygens (including phenoxy) is 1. The summed E-state index contributed by atoms with van der Waals surface area (Å²) in [6.07, 6.45) is 9.16. The van der Waals surface area contributed by atoms with Crippen LogP contribution in [0.25, 0.3) is 0 Å². The normalized spacial score (nSPS) is 46.1. The lowest BCUT2D eigenvalue weighted by molar-refractivity contribution is -0.166. The third kappa shape index (κ3) is 1.27. The SMILES string of the molecule is O=C(O)[C@]1([C@@H]2CCCCO2)C[C@H]2C=C[C@H]1C2. The minimum absolute atomic E-state index is 0.0568. The van der Waals surface area contributed by atoms with Crippen LogP contribution in [0, 0.1) is 17.3 Å². The quantitative estimate of drug-likeness (QED) is 0.729. The van der Waals surface area contributed by atoms with Crippen molar-refractivity contribution in [3.63, 3.8) is 0 Å². The van der Waals surface area contributed by atoms with Gasteiger partial charge >= 0.3 is 5.97 Å². The van der Waals surface area contributed by atoms with Crippen LogP contribution in [-0.2, 0) is 9.53 Å². The Morgan fingerprint density at radius 2 is 2.25 bits per heavy atom. The molecule has 4 atom stereocenters. The summed E-state index contributed by atoms with van der Waals surface area (Å²) in [4.78, 5) is 11.7. The van der Waals surface area contributed by atoms with Crippen LogP contribution < -0.4 is 0 Å². The van der Waals surface area contributed by atoms with Gasteiger partial charge in [0.15, 0.2) is 0 Å². The minimum Gasteiger partial charge on any atom is -0.481 e. The lowest BCUT2D eigenvalue weighted by Crippen LogP contribution is -2.48. The van der Waals surface area contributed by atoms with Gasteiger partial charge in [-0.3, -0.25) is 4.79 Å². The molecule has 1 saturated carbocycles. The average Bonchev–Trinajstić information content (AvgIpc) is 2.90. The number of hydrogen-bond acceptors (Lipinski definition) is 2. The van der Waals surface area contributed by atoms with Crippen LogP contribution >= 0.6 is 0 Å². The molecule has 3 heteroatoms. The van der Waals surface area contributed by atoms with E-state index in [-0.39, 0.29) is 12.0 Å². The summed E-state index contributed by atoms with van der Waals surface area (Å²) in [5.74, 6) is 0.0426. The number of rotatable bonds is 2. The lowest BCUT2D eigenvalue weighted by Gasteiger charge is -2.40. The van der Waals surface area contributed by atoms with Gasteiger partial charge in [0.1, 0.15) is 5.41 Å². The van der Waals surface area contributed by atoms with Crippen LogP contribution in [0.5, 0.6) is 0 Å². The smallest absolute Gasteiger partial charge is 0.312 e. The average molecular weight is 222 g/mol. The molecule has 1 aliphatic heterocycles. The first-order chi connectivity index (χ1) is 7.73. The van der Waals surface area contributed by atoms with Gasteiger partial charge in [-0.05, 0) is 43.9 Å². The van der Waals surface area contributed by atoms with Gasteiger partial charge in [0.2, 0.25) is 0 Å². The molecule has 2 aliphatic carbocycles. The molecule has 16 heavy (non-hydrogen) atoms. The molecule has 2 fully saturated rings. The molecule has 0 spiro atoms. The second kappa shape index (κ2) is 3.59. The second-order valence-electron chi connectivity index (χ2n) is 5.39. The molecule has 0 radical (unpaired) electrons. The van der Waals surface area contributed by atoms with Gasteiger partial charge < -0.3 is 9.84 Å². The van der Waals surface area contributed by atoms with E-state index in [0.717, 1.165) is 38.7 Å². The summed E-state index contributed by atoms with van der Waals surface area (Å²) in [5, 5.41) is 9.62. The standard InChI is InChI=1S/C13H18O3/c14-12(15)13(11-3-1-2-6-16-11)8-9-4-5-10(13)7-9/h4-5,9-11H,1-3,6-8H2,(H,14,15)/t9-,10-,11-,13+/m0/s1. The van der Waals surface area contributed by atoms with Gasteiger partial charge in [-0.25, -0.2) is 0 Å². The van der Waals surface area contributed by atoms with Gasteiger partial charge in [0.25, 0.3) is 0 Å². The summed E-state index contributed by atoms with van der Waals surface area (Å²) >= 11 is 0. The fraction of sp³-hybridized carbons (Fsp3) is 0.769. The van der Waals surface area contributed by atoms with Crippen LogP contribution in [0.1, 0.15) is 32.1 Å². The van der Waals surface area contributed by atoms with Crippen molar-refractivity contribution in [2.24, 2.45) is 17.3 Å². The van der Waals surface area contributed by atoms with Gasteiger partial charge in [0, 0.05) is 6.61 Å². The van der Waals surface area contributed by atoms with Gasteiger partial charge in [-0.15, -0.1) is 0 Å². The number of carboxylic acids is 1. The fourth-order valence-electron chi connectivity index (χ4n) is 3.79. The third-order valence-electron chi connectivity index (χ3n) is 4.59. The fourth-order valence-corrected chi connectivity index (χ4v) is 3.79. The summed E-state index contributed by atoms with van der Waals surface area (Å²) in [5.41, 5.74) is -0.611. The molecule has 0 unspecified atom stereocenters. The van der Waals surface area contributed by atoms with Crippen molar-refractivity contribution in [2.75, 3.05) is 6.61 Å². The highest BCUT2D eigenvalue weighted by atomic mass is 16.5. The summed E-state index contributed by atoms with van der Waals surface area (Å²) in [6.45, 7) is 0.737. The molecular formula is C13H18O3. The highest BCUT2D eigenvalue weighted by Gasteiger charge is 2.58. The second-order valence-corrected chi connectivity index (χ2v) is 5.39. The maximum absolute atomic E-state index is 11.7. The molecule has 0 amide bonds. The number of fused-ring (bicyclic) bond motifs is 2. The van der Waals surface area contributed by atoms with E-state index in [4.69, 9.17) is 4.74 Å². The van der Waals surface area contributed by atoms with Crippen LogP contribution in [0.2, 0.25) is 0 Å².